The topological polar surface area (TPSA) is 119 Å². The van der Waals surface area contributed by atoms with E-state index in [0.29, 0.717) is 11.1 Å². The van der Waals surface area contributed by atoms with E-state index < -0.39 is 60.4 Å². The fourth-order valence-electron chi connectivity index (χ4n) is 5.26. The smallest absolute Gasteiger partial charge is 0.252 e. The van der Waals surface area contributed by atoms with Gasteiger partial charge in [0.05, 0.1) is 29.7 Å². The maximum Gasteiger partial charge on any atom is 0.252 e. The van der Waals surface area contributed by atoms with Gasteiger partial charge in [0.15, 0.2) is 0 Å². The van der Waals surface area contributed by atoms with Crippen molar-refractivity contribution < 1.29 is 27.6 Å². The monoisotopic (exact) mass is 562 g/mol. The van der Waals surface area contributed by atoms with Gasteiger partial charge in [-0.25, -0.2) is 18.2 Å². The van der Waals surface area contributed by atoms with Gasteiger partial charge in [-0.3, -0.25) is 29.2 Å². The summed E-state index contributed by atoms with van der Waals surface area (Å²) in [5.74, 6) is -5.47. The van der Waals surface area contributed by atoms with Crippen LogP contribution in [0.2, 0.25) is 0 Å². The summed E-state index contributed by atoms with van der Waals surface area (Å²) in [4.78, 5) is 51.5. The molecule has 3 amide bonds. The Labute approximate surface area is 233 Å². The van der Waals surface area contributed by atoms with Gasteiger partial charge >= 0.3 is 0 Å². The van der Waals surface area contributed by atoms with Gasteiger partial charge < -0.3 is 5.32 Å². The first-order chi connectivity index (χ1) is 19.6. The molecule has 0 unspecified atom stereocenters. The van der Waals surface area contributed by atoms with Crippen LogP contribution in [-0.4, -0.2) is 45.7 Å². The van der Waals surface area contributed by atoms with E-state index in [4.69, 9.17) is 0 Å². The van der Waals surface area contributed by atoms with Crippen molar-refractivity contribution in [1.29, 1.82) is 5.26 Å². The number of rotatable bonds is 7. The van der Waals surface area contributed by atoms with Crippen LogP contribution >= 0.6 is 0 Å². The van der Waals surface area contributed by atoms with Crippen LogP contribution in [0.25, 0.3) is 0 Å². The summed E-state index contributed by atoms with van der Waals surface area (Å²) in [7, 11) is 0. The van der Waals surface area contributed by atoms with Crippen LogP contribution in [0.3, 0.4) is 0 Å². The summed E-state index contributed by atoms with van der Waals surface area (Å²) >= 11 is 0. The summed E-state index contributed by atoms with van der Waals surface area (Å²) in [5.41, 5.74) is 1.17. The summed E-state index contributed by atoms with van der Waals surface area (Å²) in [6, 6.07) is 9.21. The van der Waals surface area contributed by atoms with Crippen LogP contribution in [0, 0.1) is 24.1 Å². The predicted molar refractivity (Wildman–Crippen MR) is 141 cm³/mol. The quantitative estimate of drug-likeness (QED) is 0.465. The number of aryl methyl sites for hydroxylation is 1. The van der Waals surface area contributed by atoms with E-state index in [1.165, 1.54) is 29.4 Å². The number of pyridine rings is 2. The average molecular weight is 563 g/mol. The minimum absolute atomic E-state index is 0.0114. The Morgan fingerprint density at radius 2 is 1.95 bits per heavy atom. The molecule has 2 atom stereocenters. The number of benzene rings is 1. The number of anilines is 2. The molecule has 3 aromatic rings. The molecule has 0 spiro atoms. The third kappa shape index (κ3) is 5.61. The van der Waals surface area contributed by atoms with Gasteiger partial charge in [0.2, 0.25) is 11.8 Å². The number of aromatic nitrogens is 2. The Bertz CT molecular complexity index is 1550. The first-order valence-electron chi connectivity index (χ1n) is 12.9. The summed E-state index contributed by atoms with van der Waals surface area (Å²) in [5, 5.41) is 12.0. The number of hydrogen-bond donors (Lipinski definition) is 1. The lowest BCUT2D eigenvalue weighted by Gasteiger charge is -2.39. The molecule has 1 aliphatic carbocycles. The lowest BCUT2D eigenvalue weighted by Crippen LogP contribution is -2.56. The zero-order chi connectivity index (χ0) is 29.3. The number of halogens is 3. The highest BCUT2D eigenvalue weighted by atomic mass is 19.3. The van der Waals surface area contributed by atoms with E-state index in [0.717, 1.165) is 17.2 Å². The highest BCUT2D eigenvalue weighted by molar-refractivity contribution is 6.10. The lowest BCUT2D eigenvalue weighted by atomic mass is 9.87. The molecule has 3 heterocycles. The van der Waals surface area contributed by atoms with E-state index in [-0.39, 0.29) is 29.9 Å². The van der Waals surface area contributed by atoms with E-state index in [1.54, 1.807) is 31.2 Å². The number of carbonyl (C=O) groups excluding carboxylic acids is 3. The van der Waals surface area contributed by atoms with Gasteiger partial charge in [0.25, 0.3) is 11.8 Å². The number of amides is 3. The lowest BCUT2D eigenvalue weighted by molar-refractivity contribution is -0.133. The maximum atomic E-state index is 14.5. The Hall–Kier alpha value is -4.79. The van der Waals surface area contributed by atoms with Gasteiger partial charge in [-0.05, 0) is 36.6 Å². The second-order valence-corrected chi connectivity index (χ2v) is 10.1. The molecule has 2 aliphatic rings. The van der Waals surface area contributed by atoms with Crippen LogP contribution in [0.15, 0.2) is 61.1 Å². The molecule has 0 bridgehead atoms. The number of nitriles is 1. The fourth-order valence-corrected chi connectivity index (χ4v) is 5.26. The summed E-state index contributed by atoms with van der Waals surface area (Å²) in [6.07, 6.45) is 2.46. The summed E-state index contributed by atoms with van der Waals surface area (Å²) in [6.45, 7) is 1.72. The molecule has 210 valence electrons. The van der Waals surface area contributed by atoms with Crippen molar-refractivity contribution in [2.75, 3.05) is 9.80 Å². The molecule has 1 saturated carbocycles. The third-order valence-electron chi connectivity index (χ3n) is 7.25. The van der Waals surface area contributed by atoms with Gasteiger partial charge in [-0.15, -0.1) is 0 Å². The molecule has 5 rings (SSSR count). The number of carbonyl (C=O) groups is 3. The molecule has 1 aromatic carbocycles. The first-order valence-corrected chi connectivity index (χ1v) is 12.9. The molecular formula is C29H25F3N6O3. The molecule has 1 aliphatic heterocycles. The second-order valence-electron chi connectivity index (χ2n) is 10.1. The maximum absolute atomic E-state index is 14.5. The fraction of sp³-hybridized carbons (Fsp3) is 0.310. The second kappa shape index (κ2) is 11.0. The molecule has 9 nitrogen and oxygen atoms in total. The minimum Gasteiger partial charge on any atom is -0.351 e. The van der Waals surface area contributed by atoms with Gasteiger partial charge in [-0.1, -0.05) is 24.3 Å². The molecule has 1 N–H and O–H groups in total. The zero-order valence-electron chi connectivity index (χ0n) is 21.9. The standard InChI is InChI=1S/C29H25F3N6O3/c1-17-4-2-3-5-22(17)26(27(40)36-20-12-29(31,32)13-20)37(21-11-19(30)15-34-16-21)28(41)23-6-7-25(39)38(23)24-10-18(14-33)8-9-35-24/h2-5,8-11,15-16,20,23,26H,6-7,12-13H2,1H3,(H,36,40)/t23-,26-/m0/s1. The van der Waals surface area contributed by atoms with Crippen LogP contribution < -0.4 is 15.1 Å². The van der Waals surface area contributed by atoms with E-state index in [9.17, 15) is 32.8 Å². The minimum atomic E-state index is -2.90. The van der Waals surface area contributed by atoms with Gasteiger partial charge in [-0.2, -0.15) is 5.26 Å². The molecule has 12 heteroatoms. The Morgan fingerprint density at radius 3 is 2.63 bits per heavy atom. The van der Waals surface area contributed by atoms with Gasteiger partial charge in [0.1, 0.15) is 23.7 Å². The molecule has 1 saturated heterocycles. The van der Waals surface area contributed by atoms with Crippen LogP contribution in [0.5, 0.6) is 0 Å². The molecule has 2 aromatic heterocycles. The number of hydrogen-bond acceptors (Lipinski definition) is 6. The molecule has 0 radical (unpaired) electrons. The van der Waals surface area contributed by atoms with Crippen molar-refractivity contribution in [2.45, 2.75) is 56.7 Å². The van der Waals surface area contributed by atoms with E-state index in [2.05, 4.69) is 15.3 Å². The normalized spacial score (nSPS) is 18.8. The van der Waals surface area contributed by atoms with Crippen molar-refractivity contribution in [3.05, 3.63) is 83.6 Å². The van der Waals surface area contributed by atoms with Gasteiger partial charge in [0, 0.05) is 37.6 Å². The van der Waals surface area contributed by atoms with E-state index >= 15 is 0 Å². The highest BCUT2D eigenvalue weighted by Crippen LogP contribution is 2.39. The predicted octanol–water partition coefficient (Wildman–Crippen LogP) is 3.98. The first kappa shape index (κ1) is 27.8. The van der Waals surface area contributed by atoms with Crippen LogP contribution in [0.1, 0.15) is 48.4 Å². The Balaban J connectivity index is 1.61. The van der Waals surface area contributed by atoms with Crippen molar-refractivity contribution in [2.24, 2.45) is 0 Å². The highest BCUT2D eigenvalue weighted by Gasteiger charge is 2.48. The SMILES string of the molecule is Cc1ccccc1[C@@H](C(=O)NC1CC(F)(F)C1)N(C(=O)[C@@H]1CCC(=O)N1c1cc(C#N)ccn1)c1cncc(F)c1. The van der Waals surface area contributed by atoms with Crippen molar-refractivity contribution in [1.82, 2.24) is 15.3 Å². The van der Waals surface area contributed by atoms with Crippen molar-refractivity contribution in [3.8, 4) is 6.07 Å². The van der Waals surface area contributed by atoms with E-state index in [1.807, 2.05) is 6.07 Å². The third-order valence-corrected chi connectivity index (χ3v) is 7.25. The number of nitrogens with one attached hydrogen (secondary N) is 1. The Morgan fingerprint density at radius 1 is 1.20 bits per heavy atom. The number of alkyl halides is 2. The van der Waals surface area contributed by atoms with Crippen LogP contribution in [0.4, 0.5) is 24.7 Å². The largest absolute Gasteiger partial charge is 0.351 e. The number of nitrogens with zero attached hydrogens (tertiary/aromatic N) is 5. The molecule has 2 fully saturated rings. The van der Waals surface area contributed by atoms with Crippen molar-refractivity contribution >= 4 is 29.2 Å². The Kier molecular flexibility index (Phi) is 7.45. The van der Waals surface area contributed by atoms with Crippen molar-refractivity contribution in [3.63, 3.8) is 0 Å². The average Bonchev–Trinajstić information content (AvgIpc) is 3.32. The molecular weight excluding hydrogens is 537 g/mol. The zero-order valence-corrected chi connectivity index (χ0v) is 21.9. The molecule has 41 heavy (non-hydrogen) atoms. The van der Waals surface area contributed by atoms with Crippen LogP contribution in [-0.2, 0) is 14.4 Å². The summed E-state index contributed by atoms with van der Waals surface area (Å²) < 4.78 is 41.7.